The van der Waals surface area contributed by atoms with E-state index >= 15 is 0 Å². The van der Waals surface area contributed by atoms with Crippen LogP contribution in [0.1, 0.15) is 31.2 Å². The van der Waals surface area contributed by atoms with Crippen molar-refractivity contribution in [1.82, 2.24) is 9.80 Å². The van der Waals surface area contributed by atoms with Crippen molar-refractivity contribution < 1.29 is 13.2 Å². The summed E-state index contributed by atoms with van der Waals surface area (Å²) in [7, 11) is -3.17. The molecule has 0 saturated carbocycles. The fourth-order valence-electron chi connectivity index (χ4n) is 3.91. The van der Waals surface area contributed by atoms with E-state index < -0.39 is 9.84 Å². The third kappa shape index (κ3) is 5.96. The SMILES string of the molecule is CS(=O)(=O)c1ccc(CCC(=O)N2CCCN(C3CCSCC3)CC2)cc1. The fraction of sp³-hybridized carbons (Fsp3) is 0.650. The molecule has 0 bridgehead atoms. The third-order valence-electron chi connectivity index (χ3n) is 5.57. The van der Waals surface area contributed by atoms with Gasteiger partial charge in [-0.05, 0) is 54.9 Å². The number of nitrogens with zero attached hydrogens (tertiary/aromatic N) is 2. The number of sulfone groups is 1. The Kier molecular flexibility index (Phi) is 7.22. The molecule has 0 atom stereocenters. The van der Waals surface area contributed by atoms with Gasteiger partial charge in [0.1, 0.15) is 0 Å². The minimum Gasteiger partial charge on any atom is -0.341 e. The quantitative estimate of drug-likeness (QED) is 0.746. The second-order valence-electron chi connectivity index (χ2n) is 7.53. The van der Waals surface area contributed by atoms with Crippen LogP contribution in [0.15, 0.2) is 29.2 Å². The number of carbonyl (C=O) groups is 1. The first-order valence-corrected chi connectivity index (χ1v) is 12.9. The van der Waals surface area contributed by atoms with Gasteiger partial charge in [-0.15, -0.1) is 0 Å². The number of carbonyl (C=O) groups excluding carboxylic acids is 1. The van der Waals surface area contributed by atoms with E-state index in [2.05, 4.69) is 16.7 Å². The Labute approximate surface area is 167 Å². The van der Waals surface area contributed by atoms with Crippen LogP contribution in [0.3, 0.4) is 0 Å². The Bertz CT molecular complexity index is 728. The van der Waals surface area contributed by atoms with Crippen molar-refractivity contribution in [1.29, 1.82) is 0 Å². The van der Waals surface area contributed by atoms with E-state index in [1.54, 1.807) is 12.1 Å². The molecule has 1 amide bonds. The third-order valence-corrected chi connectivity index (χ3v) is 7.75. The highest BCUT2D eigenvalue weighted by atomic mass is 32.2. The summed E-state index contributed by atoms with van der Waals surface area (Å²) in [6.45, 7) is 3.77. The Morgan fingerprint density at radius 3 is 2.44 bits per heavy atom. The number of hydrogen-bond acceptors (Lipinski definition) is 5. The van der Waals surface area contributed by atoms with E-state index in [-0.39, 0.29) is 5.91 Å². The molecule has 0 aliphatic carbocycles. The van der Waals surface area contributed by atoms with Gasteiger partial charge in [-0.25, -0.2) is 8.42 Å². The lowest BCUT2D eigenvalue weighted by molar-refractivity contribution is -0.131. The molecule has 2 aliphatic rings. The zero-order chi connectivity index (χ0) is 19.3. The second-order valence-corrected chi connectivity index (χ2v) is 10.8. The molecule has 0 spiro atoms. The molecule has 1 aromatic carbocycles. The smallest absolute Gasteiger partial charge is 0.222 e. The Morgan fingerprint density at radius 1 is 1.07 bits per heavy atom. The van der Waals surface area contributed by atoms with Crippen molar-refractivity contribution in [3.05, 3.63) is 29.8 Å². The van der Waals surface area contributed by atoms with Crippen molar-refractivity contribution in [3.8, 4) is 0 Å². The monoisotopic (exact) mass is 410 g/mol. The summed E-state index contributed by atoms with van der Waals surface area (Å²) in [5, 5.41) is 0. The molecule has 7 heteroatoms. The maximum absolute atomic E-state index is 12.6. The van der Waals surface area contributed by atoms with Gasteiger partial charge >= 0.3 is 0 Å². The summed E-state index contributed by atoms with van der Waals surface area (Å²) in [4.78, 5) is 17.6. The first-order chi connectivity index (χ1) is 12.9. The van der Waals surface area contributed by atoms with Crippen LogP contribution >= 0.6 is 11.8 Å². The van der Waals surface area contributed by atoms with E-state index in [9.17, 15) is 13.2 Å². The molecule has 0 unspecified atom stereocenters. The first-order valence-electron chi connectivity index (χ1n) is 9.82. The summed E-state index contributed by atoms with van der Waals surface area (Å²) >= 11 is 2.06. The Morgan fingerprint density at radius 2 is 1.78 bits per heavy atom. The minimum absolute atomic E-state index is 0.211. The Hall–Kier alpha value is -1.05. The molecule has 2 saturated heterocycles. The van der Waals surface area contributed by atoms with Gasteiger partial charge in [0.05, 0.1) is 4.90 Å². The molecule has 2 aliphatic heterocycles. The lowest BCUT2D eigenvalue weighted by Crippen LogP contribution is -2.41. The molecule has 150 valence electrons. The van der Waals surface area contributed by atoms with Crippen LogP contribution in [0.5, 0.6) is 0 Å². The number of rotatable bonds is 5. The highest BCUT2D eigenvalue weighted by Gasteiger charge is 2.25. The zero-order valence-electron chi connectivity index (χ0n) is 16.1. The van der Waals surface area contributed by atoms with E-state index in [0.29, 0.717) is 23.8 Å². The zero-order valence-corrected chi connectivity index (χ0v) is 17.7. The summed E-state index contributed by atoms with van der Waals surface area (Å²) in [5.74, 6) is 2.74. The van der Waals surface area contributed by atoms with Crippen LogP contribution in [0.4, 0.5) is 0 Å². The molecule has 0 aromatic heterocycles. The van der Waals surface area contributed by atoms with Crippen molar-refractivity contribution in [2.75, 3.05) is 43.9 Å². The second kappa shape index (κ2) is 9.43. The summed E-state index contributed by atoms with van der Waals surface area (Å²) < 4.78 is 23.0. The van der Waals surface area contributed by atoms with Crippen molar-refractivity contribution in [3.63, 3.8) is 0 Å². The number of thioether (sulfide) groups is 1. The van der Waals surface area contributed by atoms with Gasteiger partial charge in [0.25, 0.3) is 0 Å². The lowest BCUT2D eigenvalue weighted by Gasteiger charge is -2.33. The topological polar surface area (TPSA) is 57.7 Å². The van der Waals surface area contributed by atoms with Gasteiger partial charge < -0.3 is 4.90 Å². The number of aryl methyl sites for hydroxylation is 1. The van der Waals surface area contributed by atoms with Crippen molar-refractivity contribution in [2.45, 2.75) is 43.0 Å². The van der Waals surface area contributed by atoms with Gasteiger partial charge in [-0.1, -0.05) is 12.1 Å². The van der Waals surface area contributed by atoms with Crippen LogP contribution in [0, 0.1) is 0 Å². The Balaban J connectivity index is 1.48. The van der Waals surface area contributed by atoms with Gasteiger partial charge in [-0.3, -0.25) is 9.69 Å². The average molecular weight is 411 g/mol. The number of benzene rings is 1. The van der Waals surface area contributed by atoms with Crippen LogP contribution < -0.4 is 0 Å². The molecular weight excluding hydrogens is 380 g/mol. The largest absolute Gasteiger partial charge is 0.341 e. The first kappa shape index (κ1) is 20.7. The molecule has 27 heavy (non-hydrogen) atoms. The molecule has 0 radical (unpaired) electrons. The average Bonchev–Trinajstić information content (AvgIpc) is 2.93. The highest BCUT2D eigenvalue weighted by Crippen LogP contribution is 2.23. The molecule has 2 fully saturated rings. The normalized spacial score (nSPS) is 20.4. The van der Waals surface area contributed by atoms with Crippen LogP contribution in [-0.4, -0.2) is 74.1 Å². The summed E-state index contributed by atoms with van der Waals surface area (Å²) in [6.07, 6.45) is 5.96. The maximum Gasteiger partial charge on any atom is 0.222 e. The molecular formula is C20H30N2O3S2. The number of hydrogen-bond donors (Lipinski definition) is 0. The molecule has 5 nitrogen and oxygen atoms in total. The summed E-state index contributed by atoms with van der Waals surface area (Å²) in [5.41, 5.74) is 1.01. The summed E-state index contributed by atoms with van der Waals surface area (Å²) in [6, 6.07) is 7.58. The van der Waals surface area contributed by atoms with E-state index in [0.717, 1.165) is 38.2 Å². The molecule has 2 heterocycles. The van der Waals surface area contributed by atoms with Gasteiger partial charge in [0.2, 0.25) is 5.91 Å². The predicted octanol–water partition coefficient (Wildman–Crippen LogP) is 2.45. The lowest BCUT2D eigenvalue weighted by atomic mass is 10.1. The minimum atomic E-state index is -3.17. The van der Waals surface area contributed by atoms with Gasteiger partial charge in [0, 0.05) is 44.9 Å². The highest BCUT2D eigenvalue weighted by molar-refractivity contribution is 7.99. The van der Waals surface area contributed by atoms with Crippen LogP contribution in [0.25, 0.3) is 0 Å². The molecule has 0 N–H and O–H groups in total. The van der Waals surface area contributed by atoms with E-state index in [1.807, 2.05) is 17.0 Å². The fourth-order valence-corrected chi connectivity index (χ4v) is 5.63. The molecule has 3 rings (SSSR count). The van der Waals surface area contributed by atoms with Crippen LogP contribution in [0.2, 0.25) is 0 Å². The van der Waals surface area contributed by atoms with Crippen molar-refractivity contribution >= 4 is 27.5 Å². The van der Waals surface area contributed by atoms with Crippen molar-refractivity contribution in [2.24, 2.45) is 0 Å². The predicted molar refractivity (Wildman–Crippen MR) is 111 cm³/mol. The standard InChI is InChI=1S/C20H30N2O3S2/c1-27(24,25)19-6-3-17(4-7-19)5-8-20(23)22-12-2-11-21(13-14-22)18-9-15-26-16-10-18/h3-4,6-7,18H,2,5,8-16H2,1H3. The van der Waals surface area contributed by atoms with Gasteiger partial charge in [0.15, 0.2) is 9.84 Å². The number of amides is 1. The molecule has 1 aromatic rings. The maximum atomic E-state index is 12.6. The van der Waals surface area contributed by atoms with E-state index in [1.165, 1.54) is 30.6 Å². The van der Waals surface area contributed by atoms with E-state index in [4.69, 9.17) is 0 Å². The van der Waals surface area contributed by atoms with Gasteiger partial charge in [-0.2, -0.15) is 11.8 Å². The van der Waals surface area contributed by atoms with Crippen LogP contribution in [-0.2, 0) is 21.1 Å².